The number of Topliss-reactive ketones (excluding diaryl/α,β-unsaturated/α-hetero) is 1. The standard InChI is InChI=1S/C15H13ClO3S/c1-9-5-10(2)7-11(6-9)15(18)19-8-12(17)13-3-4-14(16)20-13/h3-7H,8H2,1-2H3. The zero-order valence-corrected chi connectivity index (χ0v) is 12.7. The first kappa shape index (κ1) is 14.8. The van der Waals surface area contributed by atoms with E-state index in [9.17, 15) is 9.59 Å². The fraction of sp³-hybridized carbons (Fsp3) is 0.200. The Kier molecular flexibility index (Phi) is 4.57. The van der Waals surface area contributed by atoms with Gasteiger partial charge in [0.05, 0.1) is 14.8 Å². The molecule has 0 spiro atoms. The summed E-state index contributed by atoms with van der Waals surface area (Å²) in [5, 5.41) is 0. The molecule has 0 saturated heterocycles. The van der Waals surface area contributed by atoms with Crippen LogP contribution in [0.15, 0.2) is 30.3 Å². The van der Waals surface area contributed by atoms with Gasteiger partial charge in [0.25, 0.3) is 0 Å². The van der Waals surface area contributed by atoms with E-state index in [4.69, 9.17) is 16.3 Å². The maximum Gasteiger partial charge on any atom is 0.338 e. The quantitative estimate of drug-likeness (QED) is 0.632. The van der Waals surface area contributed by atoms with Gasteiger partial charge in [-0.3, -0.25) is 4.79 Å². The molecule has 0 amide bonds. The van der Waals surface area contributed by atoms with Crippen molar-refractivity contribution in [2.24, 2.45) is 0 Å². The average molecular weight is 309 g/mol. The molecule has 1 heterocycles. The summed E-state index contributed by atoms with van der Waals surface area (Å²) in [6, 6.07) is 8.71. The smallest absolute Gasteiger partial charge is 0.338 e. The summed E-state index contributed by atoms with van der Waals surface area (Å²) in [6.07, 6.45) is 0. The predicted molar refractivity (Wildman–Crippen MR) is 79.9 cm³/mol. The van der Waals surface area contributed by atoms with Crippen molar-refractivity contribution in [1.82, 2.24) is 0 Å². The van der Waals surface area contributed by atoms with Gasteiger partial charge < -0.3 is 4.74 Å². The summed E-state index contributed by atoms with van der Waals surface area (Å²) < 4.78 is 5.57. The van der Waals surface area contributed by atoms with Gasteiger partial charge in [-0.05, 0) is 38.1 Å². The Morgan fingerprint density at radius 2 is 1.80 bits per heavy atom. The molecule has 0 aliphatic carbocycles. The van der Waals surface area contributed by atoms with E-state index in [1.165, 1.54) is 11.3 Å². The maximum atomic E-state index is 11.9. The molecule has 0 radical (unpaired) electrons. The molecule has 1 aromatic heterocycles. The van der Waals surface area contributed by atoms with Crippen molar-refractivity contribution in [3.8, 4) is 0 Å². The Labute approximate surface area is 126 Å². The fourth-order valence-corrected chi connectivity index (χ4v) is 2.81. The highest BCUT2D eigenvalue weighted by Gasteiger charge is 2.13. The van der Waals surface area contributed by atoms with Crippen molar-refractivity contribution in [3.05, 3.63) is 56.2 Å². The number of ketones is 1. The van der Waals surface area contributed by atoms with Gasteiger partial charge in [0.15, 0.2) is 6.61 Å². The van der Waals surface area contributed by atoms with Gasteiger partial charge in [-0.15, -0.1) is 11.3 Å². The second-order valence-corrected chi connectivity index (χ2v) is 6.19. The Bertz CT molecular complexity index is 641. The molecule has 0 unspecified atom stereocenters. The van der Waals surface area contributed by atoms with Crippen molar-refractivity contribution in [2.75, 3.05) is 6.61 Å². The van der Waals surface area contributed by atoms with Crippen LogP contribution in [0, 0.1) is 13.8 Å². The highest BCUT2D eigenvalue weighted by atomic mass is 35.5. The number of thiophene rings is 1. The molecule has 0 fully saturated rings. The van der Waals surface area contributed by atoms with E-state index < -0.39 is 5.97 Å². The van der Waals surface area contributed by atoms with E-state index in [1.807, 2.05) is 19.9 Å². The molecule has 3 nitrogen and oxygen atoms in total. The molecular weight excluding hydrogens is 296 g/mol. The van der Waals surface area contributed by atoms with Crippen molar-refractivity contribution in [1.29, 1.82) is 0 Å². The van der Waals surface area contributed by atoms with E-state index in [0.29, 0.717) is 14.8 Å². The molecule has 0 atom stereocenters. The number of aryl methyl sites for hydroxylation is 2. The van der Waals surface area contributed by atoms with Gasteiger partial charge in [0.1, 0.15) is 0 Å². The lowest BCUT2D eigenvalue weighted by atomic mass is 10.1. The minimum Gasteiger partial charge on any atom is -0.454 e. The molecule has 0 bridgehead atoms. The molecule has 5 heteroatoms. The monoisotopic (exact) mass is 308 g/mol. The molecule has 0 aliphatic rings. The highest BCUT2D eigenvalue weighted by Crippen LogP contribution is 2.21. The third-order valence-electron chi connectivity index (χ3n) is 2.64. The van der Waals surface area contributed by atoms with Gasteiger partial charge in [-0.25, -0.2) is 4.79 Å². The first-order valence-electron chi connectivity index (χ1n) is 5.99. The lowest BCUT2D eigenvalue weighted by Gasteiger charge is -2.05. The number of esters is 1. The molecule has 0 saturated carbocycles. The van der Waals surface area contributed by atoms with Crippen molar-refractivity contribution >= 4 is 34.7 Å². The van der Waals surface area contributed by atoms with Crippen LogP contribution in [-0.2, 0) is 4.74 Å². The Morgan fingerprint density at radius 3 is 2.35 bits per heavy atom. The summed E-state index contributed by atoms with van der Waals surface area (Å²) in [7, 11) is 0. The van der Waals surface area contributed by atoms with Crippen molar-refractivity contribution in [2.45, 2.75) is 13.8 Å². The zero-order chi connectivity index (χ0) is 14.7. The van der Waals surface area contributed by atoms with Gasteiger partial charge in [0.2, 0.25) is 5.78 Å². The first-order chi connectivity index (χ1) is 9.45. The SMILES string of the molecule is Cc1cc(C)cc(C(=O)OCC(=O)c2ccc(Cl)s2)c1. The molecule has 0 N–H and O–H groups in total. The number of benzene rings is 1. The number of hydrogen-bond donors (Lipinski definition) is 0. The summed E-state index contributed by atoms with van der Waals surface area (Å²) in [5.41, 5.74) is 2.42. The number of halogens is 1. The second-order valence-electron chi connectivity index (χ2n) is 4.48. The second kappa shape index (κ2) is 6.20. The molecular formula is C15H13ClO3S. The van der Waals surface area contributed by atoms with Crippen LogP contribution in [-0.4, -0.2) is 18.4 Å². The van der Waals surface area contributed by atoms with Crippen LogP contribution in [0.25, 0.3) is 0 Å². The Balaban J connectivity index is 2.00. The number of rotatable bonds is 4. The summed E-state index contributed by atoms with van der Waals surface area (Å²) in [5.74, 6) is -0.743. The first-order valence-corrected chi connectivity index (χ1v) is 7.19. The van der Waals surface area contributed by atoms with Crippen LogP contribution in [0.2, 0.25) is 4.34 Å². The van der Waals surface area contributed by atoms with Crippen molar-refractivity contribution < 1.29 is 14.3 Å². The lowest BCUT2D eigenvalue weighted by Crippen LogP contribution is -2.13. The normalized spacial score (nSPS) is 10.3. The minimum atomic E-state index is -0.493. The van der Waals surface area contributed by atoms with Crippen molar-refractivity contribution in [3.63, 3.8) is 0 Å². The third-order valence-corrected chi connectivity index (χ3v) is 3.91. The lowest BCUT2D eigenvalue weighted by molar-refractivity contribution is 0.0475. The van der Waals surface area contributed by atoms with Crippen LogP contribution in [0.3, 0.4) is 0 Å². The van der Waals surface area contributed by atoms with Gasteiger partial charge >= 0.3 is 5.97 Å². The number of carbonyl (C=O) groups excluding carboxylic acids is 2. The summed E-state index contributed by atoms with van der Waals surface area (Å²) >= 11 is 6.93. The highest BCUT2D eigenvalue weighted by molar-refractivity contribution is 7.18. The largest absolute Gasteiger partial charge is 0.454 e. The molecule has 104 valence electrons. The van der Waals surface area contributed by atoms with Crippen LogP contribution < -0.4 is 0 Å². The third kappa shape index (κ3) is 3.68. The van der Waals surface area contributed by atoms with E-state index in [1.54, 1.807) is 24.3 Å². The number of ether oxygens (including phenoxy) is 1. The fourth-order valence-electron chi connectivity index (χ4n) is 1.84. The zero-order valence-electron chi connectivity index (χ0n) is 11.1. The topological polar surface area (TPSA) is 43.4 Å². The van der Waals surface area contributed by atoms with Crippen LogP contribution >= 0.6 is 22.9 Å². The van der Waals surface area contributed by atoms with Gasteiger partial charge in [0, 0.05) is 0 Å². The number of carbonyl (C=O) groups is 2. The van der Waals surface area contributed by atoms with Crippen LogP contribution in [0.5, 0.6) is 0 Å². The van der Waals surface area contributed by atoms with Crippen LogP contribution in [0.4, 0.5) is 0 Å². The van der Waals surface area contributed by atoms with Gasteiger partial charge in [-0.1, -0.05) is 28.8 Å². The Hall–Kier alpha value is -1.65. The molecule has 0 aliphatic heterocycles. The van der Waals surface area contributed by atoms with E-state index in [0.717, 1.165) is 11.1 Å². The van der Waals surface area contributed by atoms with E-state index in [-0.39, 0.29) is 12.4 Å². The summed E-state index contributed by atoms with van der Waals surface area (Å²) in [6.45, 7) is 3.54. The maximum absolute atomic E-state index is 11.9. The molecule has 2 aromatic rings. The summed E-state index contributed by atoms with van der Waals surface area (Å²) in [4.78, 5) is 24.2. The van der Waals surface area contributed by atoms with E-state index >= 15 is 0 Å². The molecule has 1 aromatic carbocycles. The Morgan fingerprint density at radius 1 is 1.15 bits per heavy atom. The molecule has 2 rings (SSSR count). The van der Waals surface area contributed by atoms with Crippen LogP contribution in [0.1, 0.15) is 31.2 Å². The predicted octanol–water partition coefficient (Wildman–Crippen LogP) is 4.06. The van der Waals surface area contributed by atoms with E-state index in [2.05, 4.69) is 0 Å². The minimum absolute atomic E-state index is 0.250. The number of hydrogen-bond acceptors (Lipinski definition) is 4. The molecule has 20 heavy (non-hydrogen) atoms. The average Bonchev–Trinajstić information content (AvgIpc) is 2.81. The van der Waals surface area contributed by atoms with Gasteiger partial charge in [-0.2, -0.15) is 0 Å².